The van der Waals surface area contributed by atoms with Crippen LogP contribution in [0.5, 0.6) is 0 Å². The second-order valence-corrected chi connectivity index (χ2v) is 8.71. The van der Waals surface area contributed by atoms with E-state index in [4.69, 9.17) is 8.83 Å². The third-order valence-electron chi connectivity index (χ3n) is 5.28. The summed E-state index contributed by atoms with van der Waals surface area (Å²) in [7, 11) is 0. The van der Waals surface area contributed by atoms with Gasteiger partial charge in [-0.15, -0.1) is 11.8 Å². The highest BCUT2D eigenvalue weighted by molar-refractivity contribution is 8.00. The third-order valence-corrected chi connectivity index (χ3v) is 6.28. The molecule has 2 aromatic heterocycles. The largest absolute Gasteiger partial charge is 0.467 e. The molecule has 0 saturated carbocycles. The normalized spacial score (nSPS) is 15.6. The molecule has 0 bridgehead atoms. The van der Waals surface area contributed by atoms with E-state index < -0.39 is 0 Å². The van der Waals surface area contributed by atoms with Crippen LogP contribution in [0.15, 0.2) is 91.8 Å². The van der Waals surface area contributed by atoms with E-state index in [1.54, 1.807) is 6.26 Å². The van der Waals surface area contributed by atoms with E-state index in [1.165, 1.54) is 23.7 Å². The van der Waals surface area contributed by atoms with E-state index in [2.05, 4.69) is 10.4 Å². The molecule has 5 rings (SSSR count). The molecule has 0 fully saturated rings. The average molecular weight is 460 g/mol. The molecule has 1 aliphatic rings. The quantitative estimate of drug-likeness (QED) is 0.387. The van der Waals surface area contributed by atoms with Crippen molar-refractivity contribution in [3.8, 4) is 0 Å². The molecule has 0 radical (unpaired) electrons. The van der Waals surface area contributed by atoms with Crippen LogP contribution in [0.4, 0.5) is 5.69 Å². The molecule has 4 aromatic rings. The number of thioether (sulfide) groups is 1. The predicted molar refractivity (Wildman–Crippen MR) is 127 cm³/mol. The number of carbonyl (C=O) groups excluding carboxylic acids is 2. The Balaban J connectivity index is 1.34. The summed E-state index contributed by atoms with van der Waals surface area (Å²) >= 11 is 1.42. The molecule has 0 saturated heterocycles. The Bertz CT molecular complexity index is 1290. The second kappa shape index (κ2) is 8.99. The topological polar surface area (TPSA) is 88.0 Å². The average Bonchev–Trinajstić information content (AvgIpc) is 3.56. The molecule has 0 spiro atoms. The lowest BCUT2D eigenvalue weighted by atomic mass is 10.1. The van der Waals surface area contributed by atoms with Gasteiger partial charge in [0.1, 0.15) is 23.1 Å². The van der Waals surface area contributed by atoms with Gasteiger partial charge in [-0.25, -0.2) is 5.01 Å². The van der Waals surface area contributed by atoms with Crippen molar-refractivity contribution in [3.63, 3.8) is 0 Å². The number of carbonyl (C=O) groups is 2. The first-order valence-corrected chi connectivity index (χ1v) is 11.5. The van der Waals surface area contributed by atoms with Gasteiger partial charge in [0.2, 0.25) is 5.91 Å². The molecule has 8 heteroatoms. The lowest BCUT2D eigenvalue weighted by molar-refractivity contribution is -0.130. The summed E-state index contributed by atoms with van der Waals surface area (Å²) in [6.45, 7) is 1.47. The number of rotatable bonds is 6. The standard InChI is InChI=1S/C25H21N3O4S/c1-16(29)26-18-8-10-19(11-9-18)33-15-25(30)28-21(23-7-4-12-31-23)14-20(27-28)24-13-17-5-2-3-6-22(17)32-24/h2-13,21H,14-15H2,1H3,(H,26,29)/t21-/m1/s1. The van der Waals surface area contributed by atoms with Crippen LogP contribution in [-0.4, -0.2) is 28.3 Å². The number of furan rings is 2. The van der Waals surface area contributed by atoms with Gasteiger partial charge >= 0.3 is 0 Å². The van der Waals surface area contributed by atoms with Gasteiger partial charge in [0.05, 0.1) is 12.0 Å². The minimum atomic E-state index is -0.321. The first kappa shape index (κ1) is 21.1. The molecule has 33 heavy (non-hydrogen) atoms. The van der Waals surface area contributed by atoms with E-state index in [1.807, 2.05) is 66.7 Å². The highest BCUT2D eigenvalue weighted by Crippen LogP contribution is 2.35. The van der Waals surface area contributed by atoms with Gasteiger partial charge in [-0.2, -0.15) is 5.10 Å². The Morgan fingerprint density at radius 2 is 1.94 bits per heavy atom. The predicted octanol–water partition coefficient (Wildman–Crippen LogP) is 5.45. The smallest absolute Gasteiger partial charge is 0.253 e. The molecular weight excluding hydrogens is 438 g/mol. The van der Waals surface area contributed by atoms with E-state index >= 15 is 0 Å². The van der Waals surface area contributed by atoms with Gasteiger partial charge in [-0.1, -0.05) is 18.2 Å². The van der Waals surface area contributed by atoms with Crippen molar-refractivity contribution in [2.75, 3.05) is 11.1 Å². The summed E-state index contributed by atoms with van der Waals surface area (Å²) in [5.74, 6) is 1.31. The maximum absolute atomic E-state index is 13.2. The van der Waals surface area contributed by atoms with Crippen LogP contribution >= 0.6 is 11.8 Å². The fourth-order valence-corrected chi connectivity index (χ4v) is 4.52. The van der Waals surface area contributed by atoms with Crippen molar-refractivity contribution in [2.45, 2.75) is 24.3 Å². The molecule has 1 N–H and O–H groups in total. The van der Waals surface area contributed by atoms with Gasteiger partial charge in [0.25, 0.3) is 5.91 Å². The molecule has 1 atom stereocenters. The van der Waals surface area contributed by atoms with E-state index in [9.17, 15) is 9.59 Å². The van der Waals surface area contributed by atoms with Gasteiger partial charge in [0, 0.05) is 29.3 Å². The number of hydrogen-bond donors (Lipinski definition) is 1. The number of nitrogens with zero attached hydrogens (tertiary/aromatic N) is 2. The monoisotopic (exact) mass is 459 g/mol. The van der Waals surface area contributed by atoms with E-state index in [-0.39, 0.29) is 23.6 Å². The number of hydrazone groups is 1. The first-order chi connectivity index (χ1) is 16.1. The summed E-state index contributed by atoms with van der Waals surface area (Å²) in [5.41, 5.74) is 2.22. The minimum Gasteiger partial charge on any atom is -0.467 e. The van der Waals surface area contributed by atoms with Crippen molar-refractivity contribution in [2.24, 2.45) is 5.10 Å². The van der Waals surface area contributed by atoms with Crippen molar-refractivity contribution in [3.05, 3.63) is 84.5 Å². The summed E-state index contributed by atoms with van der Waals surface area (Å²) < 4.78 is 11.6. The van der Waals surface area contributed by atoms with Crippen LogP contribution < -0.4 is 5.32 Å². The fourth-order valence-electron chi connectivity index (χ4n) is 3.76. The Morgan fingerprint density at radius 3 is 2.67 bits per heavy atom. The third kappa shape index (κ3) is 4.56. The summed E-state index contributed by atoms with van der Waals surface area (Å²) in [6.07, 6.45) is 2.11. The Labute approximate surface area is 194 Å². The number of para-hydroxylation sites is 1. The first-order valence-electron chi connectivity index (χ1n) is 10.5. The summed E-state index contributed by atoms with van der Waals surface area (Å²) in [6, 6.07) is 20.5. The molecule has 7 nitrogen and oxygen atoms in total. The molecule has 3 heterocycles. The summed E-state index contributed by atoms with van der Waals surface area (Å²) in [4.78, 5) is 25.3. The lowest BCUT2D eigenvalue weighted by Gasteiger charge is -2.19. The zero-order valence-electron chi connectivity index (χ0n) is 17.9. The second-order valence-electron chi connectivity index (χ2n) is 7.66. The molecule has 2 amide bonds. The van der Waals surface area contributed by atoms with Crippen LogP contribution in [0.3, 0.4) is 0 Å². The molecular formula is C25H21N3O4S. The SMILES string of the molecule is CC(=O)Nc1ccc(SCC(=O)N2N=C(c3cc4ccccc4o3)C[C@@H]2c2ccco2)cc1. The van der Waals surface area contributed by atoms with Crippen molar-refractivity contribution >= 4 is 45.9 Å². The molecule has 0 aliphatic carbocycles. The number of anilines is 1. The van der Waals surface area contributed by atoms with Gasteiger partial charge in [-0.05, 0) is 48.5 Å². The number of nitrogens with one attached hydrogen (secondary N) is 1. The zero-order valence-corrected chi connectivity index (χ0v) is 18.7. The van der Waals surface area contributed by atoms with Gasteiger partial charge < -0.3 is 14.2 Å². The molecule has 0 unspecified atom stereocenters. The van der Waals surface area contributed by atoms with Crippen LogP contribution in [-0.2, 0) is 9.59 Å². The fraction of sp³-hybridized carbons (Fsp3) is 0.160. The minimum absolute atomic E-state index is 0.123. The van der Waals surface area contributed by atoms with E-state index in [0.717, 1.165) is 21.6 Å². The number of benzene rings is 2. The molecule has 2 aromatic carbocycles. The Morgan fingerprint density at radius 1 is 1.12 bits per heavy atom. The number of amides is 2. The van der Waals surface area contributed by atoms with Crippen LogP contribution in [0.25, 0.3) is 11.0 Å². The molecule has 1 aliphatic heterocycles. The van der Waals surface area contributed by atoms with Crippen LogP contribution in [0, 0.1) is 0 Å². The summed E-state index contributed by atoms with van der Waals surface area (Å²) in [5, 5.41) is 9.86. The Hall–Kier alpha value is -3.78. The highest BCUT2D eigenvalue weighted by Gasteiger charge is 2.35. The maximum atomic E-state index is 13.2. The van der Waals surface area contributed by atoms with Gasteiger partial charge in [0.15, 0.2) is 5.76 Å². The van der Waals surface area contributed by atoms with Crippen molar-refractivity contribution in [1.29, 1.82) is 0 Å². The zero-order chi connectivity index (χ0) is 22.8. The highest BCUT2D eigenvalue weighted by atomic mass is 32.2. The number of fused-ring (bicyclic) bond motifs is 1. The Kier molecular flexibility index (Phi) is 5.75. The van der Waals surface area contributed by atoms with Crippen LogP contribution in [0.2, 0.25) is 0 Å². The van der Waals surface area contributed by atoms with Gasteiger partial charge in [-0.3, -0.25) is 9.59 Å². The molecule has 166 valence electrons. The lowest BCUT2D eigenvalue weighted by Crippen LogP contribution is -2.28. The maximum Gasteiger partial charge on any atom is 0.253 e. The van der Waals surface area contributed by atoms with Crippen LogP contribution in [0.1, 0.15) is 30.9 Å². The van der Waals surface area contributed by atoms with E-state index in [0.29, 0.717) is 23.7 Å². The van der Waals surface area contributed by atoms with Crippen molar-refractivity contribution < 1.29 is 18.4 Å². The number of hydrogen-bond acceptors (Lipinski definition) is 6. The van der Waals surface area contributed by atoms with Crippen molar-refractivity contribution in [1.82, 2.24) is 5.01 Å².